The van der Waals surface area contributed by atoms with Crippen molar-refractivity contribution in [2.75, 3.05) is 6.54 Å². The molecule has 0 unspecified atom stereocenters. The largest absolute Gasteiger partial charge is 0.392 e. The Labute approximate surface area is 139 Å². The van der Waals surface area contributed by atoms with Crippen LogP contribution in [0.4, 0.5) is 0 Å². The molecule has 122 valence electrons. The maximum absolute atomic E-state index is 10.1. The van der Waals surface area contributed by atoms with Crippen LogP contribution in [0.15, 0.2) is 59.3 Å². The summed E-state index contributed by atoms with van der Waals surface area (Å²) in [5.41, 5.74) is 1.88. The van der Waals surface area contributed by atoms with Gasteiger partial charge in [-0.2, -0.15) is 4.98 Å². The van der Waals surface area contributed by atoms with Crippen molar-refractivity contribution in [1.82, 2.24) is 20.0 Å². The second kappa shape index (κ2) is 6.51. The highest BCUT2D eigenvalue weighted by Crippen LogP contribution is 2.33. The maximum Gasteiger partial charge on any atom is 0.244 e. The Morgan fingerprint density at radius 3 is 2.75 bits per heavy atom. The summed E-state index contributed by atoms with van der Waals surface area (Å²) >= 11 is 0. The molecule has 3 aromatic rings. The number of aliphatic hydroxyl groups excluding tert-OH is 1. The maximum atomic E-state index is 10.1. The van der Waals surface area contributed by atoms with Crippen molar-refractivity contribution >= 4 is 0 Å². The lowest BCUT2D eigenvalue weighted by Crippen LogP contribution is -2.25. The summed E-state index contributed by atoms with van der Waals surface area (Å²) in [6, 6.07) is 15.5. The van der Waals surface area contributed by atoms with Crippen molar-refractivity contribution in [2.45, 2.75) is 25.1 Å². The van der Waals surface area contributed by atoms with Crippen LogP contribution in [0.2, 0.25) is 0 Å². The number of hydrogen-bond acceptors (Lipinski definition) is 6. The van der Waals surface area contributed by atoms with Gasteiger partial charge in [-0.3, -0.25) is 9.88 Å². The Hall–Kier alpha value is -2.57. The zero-order valence-electron chi connectivity index (χ0n) is 13.1. The predicted molar refractivity (Wildman–Crippen MR) is 87.7 cm³/mol. The molecule has 0 spiro atoms. The molecule has 6 heteroatoms. The molecule has 0 amide bonds. The van der Waals surface area contributed by atoms with Gasteiger partial charge in [-0.1, -0.05) is 41.6 Å². The fraction of sp³-hybridized carbons (Fsp3) is 0.278. The van der Waals surface area contributed by atoms with E-state index in [2.05, 4.69) is 20.0 Å². The molecule has 24 heavy (non-hydrogen) atoms. The molecule has 1 saturated heterocycles. The van der Waals surface area contributed by atoms with Gasteiger partial charge in [-0.15, -0.1) is 0 Å². The van der Waals surface area contributed by atoms with Crippen molar-refractivity contribution in [2.24, 2.45) is 0 Å². The number of β-amino-alcohol motifs (C(OH)–C–C–N with tert-alkyl or cyclic N) is 1. The number of hydrogen-bond donors (Lipinski definition) is 1. The Balaban J connectivity index is 1.57. The van der Waals surface area contributed by atoms with Crippen molar-refractivity contribution in [3.8, 4) is 11.4 Å². The molecule has 6 nitrogen and oxygen atoms in total. The van der Waals surface area contributed by atoms with Crippen LogP contribution >= 0.6 is 0 Å². The van der Waals surface area contributed by atoms with E-state index in [-0.39, 0.29) is 6.04 Å². The zero-order chi connectivity index (χ0) is 16.4. The minimum Gasteiger partial charge on any atom is -0.392 e. The second-order valence-corrected chi connectivity index (χ2v) is 5.98. The van der Waals surface area contributed by atoms with E-state index in [1.165, 1.54) is 0 Å². The van der Waals surface area contributed by atoms with E-state index in [1.807, 2.05) is 48.5 Å². The van der Waals surface area contributed by atoms with Crippen LogP contribution in [0.5, 0.6) is 0 Å². The summed E-state index contributed by atoms with van der Waals surface area (Å²) in [5.74, 6) is 1.12. The molecule has 1 N–H and O–H groups in total. The third-order valence-corrected chi connectivity index (χ3v) is 4.23. The van der Waals surface area contributed by atoms with Crippen LogP contribution in [0.25, 0.3) is 11.4 Å². The first-order valence-electron chi connectivity index (χ1n) is 8.00. The molecule has 1 aliphatic rings. The standard InChI is InChI=1S/C18H18N4O2/c23-15-10-16(22(12-15)11-14-8-4-5-9-19-14)18-20-17(21-24-18)13-6-2-1-3-7-13/h1-9,15-16,23H,10-12H2/t15-,16+/m1/s1. The lowest BCUT2D eigenvalue weighted by atomic mass is 10.2. The molecule has 1 fully saturated rings. The van der Waals surface area contributed by atoms with Gasteiger partial charge >= 0.3 is 0 Å². The molecule has 3 heterocycles. The molecule has 2 atom stereocenters. The van der Waals surface area contributed by atoms with Gasteiger partial charge in [-0.25, -0.2) is 0 Å². The molecular formula is C18H18N4O2. The number of nitrogens with zero attached hydrogens (tertiary/aromatic N) is 4. The van der Waals surface area contributed by atoms with Crippen LogP contribution in [-0.2, 0) is 6.54 Å². The van der Waals surface area contributed by atoms with Crippen molar-refractivity contribution in [3.63, 3.8) is 0 Å². The van der Waals surface area contributed by atoms with Gasteiger partial charge in [0.1, 0.15) is 0 Å². The van der Waals surface area contributed by atoms with Gasteiger partial charge in [0.15, 0.2) is 0 Å². The molecule has 0 saturated carbocycles. The summed E-state index contributed by atoms with van der Waals surface area (Å²) in [4.78, 5) is 11.0. The highest BCUT2D eigenvalue weighted by molar-refractivity contribution is 5.53. The predicted octanol–water partition coefficient (Wildman–Crippen LogP) is 2.44. The molecule has 4 rings (SSSR count). The first-order valence-corrected chi connectivity index (χ1v) is 8.00. The Morgan fingerprint density at radius 2 is 1.96 bits per heavy atom. The van der Waals surface area contributed by atoms with E-state index in [0.717, 1.165) is 11.3 Å². The molecular weight excluding hydrogens is 304 g/mol. The number of rotatable bonds is 4. The Bertz CT molecular complexity index is 791. The van der Waals surface area contributed by atoms with Crippen molar-refractivity contribution in [3.05, 3.63) is 66.3 Å². The summed E-state index contributed by atoms with van der Waals surface area (Å²) in [6.45, 7) is 1.22. The first kappa shape index (κ1) is 15.0. The van der Waals surface area contributed by atoms with Crippen LogP contribution < -0.4 is 0 Å². The van der Waals surface area contributed by atoms with E-state index in [0.29, 0.717) is 31.2 Å². The van der Waals surface area contributed by atoms with E-state index in [4.69, 9.17) is 4.52 Å². The fourth-order valence-corrected chi connectivity index (χ4v) is 3.09. The van der Waals surface area contributed by atoms with Crippen molar-refractivity contribution in [1.29, 1.82) is 0 Å². The average molecular weight is 322 g/mol. The monoisotopic (exact) mass is 322 g/mol. The van der Waals surface area contributed by atoms with E-state index >= 15 is 0 Å². The van der Waals surface area contributed by atoms with E-state index in [9.17, 15) is 5.11 Å². The number of likely N-dealkylation sites (tertiary alicyclic amines) is 1. The lowest BCUT2D eigenvalue weighted by molar-refractivity contribution is 0.168. The van der Waals surface area contributed by atoms with Gasteiger partial charge in [-0.05, 0) is 18.6 Å². The molecule has 0 radical (unpaired) electrons. The minimum atomic E-state index is -0.397. The zero-order valence-corrected chi connectivity index (χ0v) is 13.1. The van der Waals surface area contributed by atoms with E-state index < -0.39 is 6.10 Å². The minimum absolute atomic E-state index is 0.0908. The summed E-state index contributed by atoms with van der Waals surface area (Å²) in [6.07, 6.45) is 1.96. The molecule has 1 aliphatic heterocycles. The number of benzene rings is 1. The molecule has 0 aliphatic carbocycles. The number of aromatic nitrogens is 3. The van der Waals surface area contributed by atoms with Crippen LogP contribution in [0, 0.1) is 0 Å². The quantitative estimate of drug-likeness (QED) is 0.795. The molecule has 0 bridgehead atoms. The summed E-state index contributed by atoms with van der Waals surface area (Å²) in [7, 11) is 0. The van der Waals surface area contributed by atoms with Gasteiger partial charge in [0.2, 0.25) is 11.7 Å². The molecule has 2 aromatic heterocycles. The lowest BCUT2D eigenvalue weighted by Gasteiger charge is -2.20. The van der Waals surface area contributed by atoms with Crippen molar-refractivity contribution < 1.29 is 9.63 Å². The smallest absolute Gasteiger partial charge is 0.244 e. The number of pyridine rings is 1. The van der Waals surface area contributed by atoms with Crippen LogP contribution in [0.3, 0.4) is 0 Å². The SMILES string of the molecule is O[C@@H]1C[C@@H](c2nc(-c3ccccc3)no2)N(Cc2ccccn2)C1. The Kier molecular flexibility index (Phi) is 4.06. The van der Waals surface area contributed by atoms with Crippen LogP contribution in [0.1, 0.15) is 24.0 Å². The second-order valence-electron chi connectivity index (χ2n) is 5.98. The molecule has 1 aromatic carbocycles. The van der Waals surface area contributed by atoms with Gasteiger partial charge in [0.25, 0.3) is 0 Å². The first-order chi connectivity index (χ1) is 11.8. The third kappa shape index (κ3) is 3.06. The fourth-order valence-electron chi connectivity index (χ4n) is 3.09. The summed E-state index contributed by atoms with van der Waals surface area (Å²) < 4.78 is 5.48. The third-order valence-electron chi connectivity index (χ3n) is 4.23. The Morgan fingerprint density at radius 1 is 1.12 bits per heavy atom. The van der Waals surface area contributed by atoms with Gasteiger partial charge in [0.05, 0.1) is 17.8 Å². The topological polar surface area (TPSA) is 75.3 Å². The van der Waals surface area contributed by atoms with Gasteiger partial charge in [0, 0.05) is 24.8 Å². The average Bonchev–Trinajstić information content (AvgIpc) is 3.23. The van der Waals surface area contributed by atoms with Crippen LogP contribution in [-0.4, -0.2) is 37.8 Å². The highest BCUT2D eigenvalue weighted by atomic mass is 16.5. The van der Waals surface area contributed by atoms with E-state index in [1.54, 1.807) is 6.20 Å². The summed E-state index contributed by atoms with van der Waals surface area (Å²) in [5, 5.41) is 14.2. The van der Waals surface area contributed by atoms with Gasteiger partial charge < -0.3 is 9.63 Å². The normalized spacial score (nSPS) is 21.2. The highest BCUT2D eigenvalue weighted by Gasteiger charge is 2.36. The number of aliphatic hydroxyl groups is 1.